The van der Waals surface area contributed by atoms with Gasteiger partial charge in [0.05, 0.1) is 12.7 Å². The normalized spacial score (nSPS) is 24.0. The van der Waals surface area contributed by atoms with Crippen LogP contribution in [0.4, 0.5) is 0 Å². The van der Waals surface area contributed by atoms with Crippen LogP contribution < -0.4 is 0 Å². The molecule has 26 heavy (non-hydrogen) atoms. The van der Waals surface area contributed by atoms with Gasteiger partial charge in [0.15, 0.2) is 0 Å². The van der Waals surface area contributed by atoms with Gasteiger partial charge in [-0.2, -0.15) is 0 Å². The number of fused-ring (bicyclic) bond motifs is 3. The van der Waals surface area contributed by atoms with Crippen molar-refractivity contribution < 1.29 is 4.74 Å². The third-order valence-corrected chi connectivity index (χ3v) is 5.32. The smallest absolute Gasteiger partial charge is 0.0942 e. The highest BCUT2D eigenvalue weighted by Crippen LogP contribution is 2.54. The summed E-state index contributed by atoms with van der Waals surface area (Å²) in [5, 5.41) is 0. The van der Waals surface area contributed by atoms with Crippen LogP contribution in [0.5, 0.6) is 0 Å². The molecule has 126 valence electrons. The fourth-order valence-corrected chi connectivity index (χ4v) is 4.17. The van der Waals surface area contributed by atoms with E-state index in [1.807, 2.05) is 0 Å². The highest BCUT2D eigenvalue weighted by molar-refractivity contribution is 5.90. The Kier molecular flexibility index (Phi) is 3.80. The molecule has 0 spiro atoms. The Balaban J connectivity index is 1.64. The highest BCUT2D eigenvalue weighted by atomic mass is 16.5. The number of ether oxygens (including phenoxy) is 1. The molecule has 0 aromatic heterocycles. The van der Waals surface area contributed by atoms with E-state index in [4.69, 9.17) is 4.74 Å². The van der Waals surface area contributed by atoms with Gasteiger partial charge in [0.25, 0.3) is 0 Å². The summed E-state index contributed by atoms with van der Waals surface area (Å²) in [7, 11) is 0. The first-order valence-corrected chi connectivity index (χ1v) is 9.13. The van der Waals surface area contributed by atoms with E-state index in [0.717, 1.165) is 0 Å². The van der Waals surface area contributed by atoms with Crippen molar-refractivity contribution in [1.29, 1.82) is 0 Å². The van der Waals surface area contributed by atoms with Gasteiger partial charge >= 0.3 is 0 Å². The first-order valence-electron chi connectivity index (χ1n) is 9.13. The monoisotopic (exact) mass is 336 g/mol. The van der Waals surface area contributed by atoms with Crippen molar-refractivity contribution in [2.45, 2.75) is 6.10 Å². The average Bonchev–Trinajstić information content (AvgIpc) is 3.24. The van der Waals surface area contributed by atoms with E-state index in [0.29, 0.717) is 12.5 Å². The van der Waals surface area contributed by atoms with Crippen molar-refractivity contribution in [3.8, 4) is 0 Å². The molecule has 1 aliphatic carbocycles. The number of rotatable bonds is 2. The summed E-state index contributed by atoms with van der Waals surface area (Å²) < 4.78 is 6.25. The molecule has 1 heteroatoms. The van der Waals surface area contributed by atoms with E-state index in [2.05, 4.69) is 97.1 Å². The number of hydrogen-bond acceptors (Lipinski definition) is 1. The fraction of sp³-hybridized carbons (Fsp3) is 0.120. The van der Waals surface area contributed by atoms with Crippen LogP contribution in [0, 0.1) is 5.92 Å². The molecule has 0 radical (unpaired) electrons. The second-order valence-electron chi connectivity index (χ2n) is 6.94. The standard InChI is InChI=1S/C25H20O/c1-3-9-18(10-4-1)15-20-17-26-25-22-14-8-7-13-21(22)23(24(20)25)16-19-11-5-2-6-12-19/h1-16,24-25H,17H2/b20-15-,23-16+/t24-,25+/m0/s1. The van der Waals surface area contributed by atoms with Crippen molar-refractivity contribution in [1.82, 2.24) is 0 Å². The van der Waals surface area contributed by atoms with E-state index in [1.54, 1.807) is 0 Å². The Morgan fingerprint density at radius 3 is 2.04 bits per heavy atom. The quantitative estimate of drug-likeness (QED) is 0.557. The van der Waals surface area contributed by atoms with Gasteiger partial charge in [-0.15, -0.1) is 0 Å². The second kappa shape index (κ2) is 6.44. The molecule has 1 saturated heterocycles. The van der Waals surface area contributed by atoms with Gasteiger partial charge in [0, 0.05) is 5.92 Å². The fourth-order valence-electron chi connectivity index (χ4n) is 4.17. The molecule has 5 rings (SSSR count). The largest absolute Gasteiger partial charge is 0.368 e. The van der Waals surface area contributed by atoms with Crippen molar-refractivity contribution in [2.24, 2.45) is 5.92 Å². The van der Waals surface area contributed by atoms with Crippen LogP contribution in [0.25, 0.3) is 17.7 Å². The predicted molar refractivity (Wildman–Crippen MR) is 107 cm³/mol. The van der Waals surface area contributed by atoms with E-state index < -0.39 is 0 Å². The highest BCUT2D eigenvalue weighted by Gasteiger charge is 2.43. The molecule has 0 N–H and O–H groups in total. The third kappa shape index (κ3) is 2.61. The average molecular weight is 336 g/mol. The molecule has 3 aromatic carbocycles. The minimum Gasteiger partial charge on any atom is -0.368 e. The molecule has 0 bridgehead atoms. The van der Waals surface area contributed by atoms with Gasteiger partial charge in [-0.25, -0.2) is 0 Å². The number of benzene rings is 3. The molecular formula is C25H20O. The lowest BCUT2D eigenvalue weighted by Crippen LogP contribution is -2.01. The molecule has 1 nitrogen and oxygen atoms in total. The maximum absolute atomic E-state index is 6.25. The Morgan fingerprint density at radius 1 is 0.692 bits per heavy atom. The predicted octanol–water partition coefficient (Wildman–Crippen LogP) is 6.01. The minimum absolute atomic E-state index is 0.135. The first kappa shape index (κ1) is 15.4. The van der Waals surface area contributed by atoms with Crippen molar-refractivity contribution in [3.05, 3.63) is 113 Å². The number of hydrogen-bond donors (Lipinski definition) is 0. The molecule has 0 saturated carbocycles. The Bertz CT molecular complexity index is 983. The lowest BCUT2D eigenvalue weighted by molar-refractivity contribution is 0.107. The SMILES string of the molecule is C(=C1/c2ccccc2[C@H]2OC/C(=C/c3ccccc3)[C@@H]12)/c1ccccc1. The summed E-state index contributed by atoms with van der Waals surface area (Å²) in [5.74, 6) is 0.299. The molecule has 1 fully saturated rings. The van der Waals surface area contributed by atoms with Crippen LogP contribution >= 0.6 is 0 Å². The van der Waals surface area contributed by atoms with Crippen molar-refractivity contribution in [2.75, 3.05) is 6.61 Å². The lowest BCUT2D eigenvalue weighted by Gasteiger charge is -2.12. The van der Waals surface area contributed by atoms with E-state index in [-0.39, 0.29) is 6.10 Å². The van der Waals surface area contributed by atoms with Crippen LogP contribution in [0.3, 0.4) is 0 Å². The first-order chi connectivity index (χ1) is 12.9. The second-order valence-corrected chi connectivity index (χ2v) is 6.94. The molecule has 0 unspecified atom stereocenters. The minimum atomic E-state index is 0.135. The molecule has 2 atom stereocenters. The molecule has 1 heterocycles. The van der Waals surface area contributed by atoms with Gasteiger partial charge < -0.3 is 4.74 Å². The van der Waals surface area contributed by atoms with Gasteiger partial charge in [-0.3, -0.25) is 0 Å². The zero-order chi connectivity index (χ0) is 17.3. The third-order valence-electron chi connectivity index (χ3n) is 5.32. The summed E-state index contributed by atoms with van der Waals surface area (Å²) in [6.07, 6.45) is 4.77. The topological polar surface area (TPSA) is 9.23 Å². The summed E-state index contributed by atoms with van der Waals surface area (Å²) in [6, 6.07) is 29.8. The summed E-state index contributed by atoms with van der Waals surface area (Å²) in [6.45, 7) is 0.699. The maximum atomic E-state index is 6.25. The summed E-state index contributed by atoms with van der Waals surface area (Å²) in [4.78, 5) is 0. The Hall–Kier alpha value is -2.90. The van der Waals surface area contributed by atoms with Crippen molar-refractivity contribution in [3.63, 3.8) is 0 Å². The van der Waals surface area contributed by atoms with E-state index >= 15 is 0 Å². The molecule has 2 aliphatic rings. The molecular weight excluding hydrogens is 316 g/mol. The maximum Gasteiger partial charge on any atom is 0.0942 e. The summed E-state index contributed by atoms with van der Waals surface area (Å²) >= 11 is 0. The molecule has 3 aromatic rings. The summed E-state index contributed by atoms with van der Waals surface area (Å²) in [5.41, 5.74) is 7.85. The van der Waals surface area contributed by atoms with Crippen LogP contribution in [0.15, 0.2) is 90.5 Å². The molecule has 0 amide bonds. The van der Waals surface area contributed by atoms with Gasteiger partial charge in [0.1, 0.15) is 0 Å². The zero-order valence-electron chi connectivity index (χ0n) is 14.5. The van der Waals surface area contributed by atoms with E-state index in [1.165, 1.54) is 33.4 Å². The van der Waals surface area contributed by atoms with Crippen LogP contribution in [0.1, 0.15) is 28.4 Å². The van der Waals surface area contributed by atoms with Crippen LogP contribution in [-0.4, -0.2) is 6.61 Å². The van der Waals surface area contributed by atoms with Crippen LogP contribution in [0.2, 0.25) is 0 Å². The lowest BCUT2D eigenvalue weighted by atomic mass is 9.89. The Morgan fingerprint density at radius 2 is 1.31 bits per heavy atom. The van der Waals surface area contributed by atoms with Gasteiger partial charge in [0.2, 0.25) is 0 Å². The van der Waals surface area contributed by atoms with Crippen LogP contribution in [-0.2, 0) is 4.74 Å². The zero-order valence-corrected chi connectivity index (χ0v) is 14.5. The van der Waals surface area contributed by atoms with E-state index in [9.17, 15) is 0 Å². The van der Waals surface area contributed by atoms with Crippen molar-refractivity contribution >= 4 is 17.7 Å². The molecule has 1 aliphatic heterocycles. The van der Waals surface area contributed by atoms with Gasteiger partial charge in [-0.05, 0) is 33.4 Å². The Labute approximate surface area is 154 Å². The van der Waals surface area contributed by atoms with Gasteiger partial charge in [-0.1, -0.05) is 97.1 Å².